The minimum Gasteiger partial charge on any atom is -0.469 e. The number of ether oxygens (including phenoxy) is 1. The van der Waals surface area contributed by atoms with Gasteiger partial charge in [-0.3, -0.25) is 9.59 Å². The summed E-state index contributed by atoms with van der Waals surface area (Å²) in [5.74, 6) is -1.36. The molecule has 0 radical (unpaired) electrons. The molecule has 0 aliphatic rings. The number of halogens is 6. The third-order valence-electron chi connectivity index (χ3n) is 5.81. The van der Waals surface area contributed by atoms with Gasteiger partial charge in [0.2, 0.25) is 11.7 Å². The van der Waals surface area contributed by atoms with Crippen molar-refractivity contribution >= 4 is 29.1 Å². The maximum atomic E-state index is 12.9. The molecule has 0 aromatic carbocycles. The van der Waals surface area contributed by atoms with Crippen molar-refractivity contribution in [3.05, 3.63) is 52.1 Å². The molecule has 0 saturated carbocycles. The molecule has 0 fully saturated rings. The number of alkyl halides is 6. The molecular weight excluding hydrogens is 552 g/mol. The standard InChI is InChI=1S/C24H25F6N5O3S/c1-12-5-16(14(3)34(12)10-23(25,26)27)18(36)8-38-21-7-20(31)32-22(33-21)39-9-19(37)17-6-13(2)35(15(17)4)11-24(28,29)30/h5-7H,8-11H2,1-4H3,(H2,31,32,33). The van der Waals surface area contributed by atoms with Crippen LogP contribution in [0.4, 0.5) is 32.2 Å². The van der Waals surface area contributed by atoms with Gasteiger partial charge < -0.3 is 19.6 Å². The number of aryl methyl sites for hydroxylation is 2. The molecule has 3 aromatic heterocycles. The van der Waals surface area contributed by atoms with Gasteiger partial charge in [-0.2, -0.15) is 31.3 Å². The molecular formula is C24H25F6N5O3S. The third-order valence-corrected chi connectivity index (χ3v) is 6.66. The fourth-order valence-corrected chi connectivity index (χ4v) is 4.74. The fourth-order valence-electron chi connectivity index (χ4n) is 4.00. The smallest absolute Gasteiger partial charge is 0.406 e. The van der Waals surface area contributed by atoms with Crippen LogP contribution in [0.5, 0.6) is 5.88 Å². The number of hydrogen-bond acceptors (Lipinski definition) is 7. The molecule has 0 atom stereocenters. The van der Waals surface area contributed by atoms with Gasteiger partial charge in [0, 0.05) is 40.0 Å². The van der Waals surface area contributed by atoms with Gasteiger partial charge in [0.05, 0.1) is 5.75 Å². The van der Waals surface area contributed by atoms with Crippen molar-refractivity contribution in [3.8, 4) is 5.88 Å². The van der Waals surface area contributed by atoms with Crippen LogP contribution in [0.1, 0.15) is 43.5 Å². The van der Waals surface area contributed by atoms with Gasteiger partial charge in [0.25, 0.3) is 0 Å². The predicted molar refractivity (Wildman–Crippen MR) is 131 cm³/mol. The van der Waals surface area contributed by atoms with Gasteiger partial charge in [-0.25, -0.2) is 4.98 Å². The Kier molecular flexibility index (Phi) is 8.72. The first-order valence-corrected chi connectivity index (χ1v) is 12.4. The Balaban J connectivity index is 1.67. The number of anilines is 1. The second-order valence-corrected chi connectivity index (χ2v) is 9.75. The number of ketones is 2. The largest absolute Gasteiger partial charge is 0.469 e. The first-order chi connectivity index (χ1) is 17.9. The number of nitrogen functional groups attached to an aromatic ring is 1. The highest BCUT2D eigenvalue weighted by Gasteiger charge is 2.31. The number of Topliss-reactive ketones (excluding diaryl/α,β-unsaturated/α-hetero) is 2. The fraction of sp³-hybridized carbons (Fsp3) is 0.417. The summed E-state index contributed by atoms with van der Waals surface area (Å²) >= 11 is 0.874. The van der Waals surface area contributed by atoms with Crippen molar-refractivity contribution in [1.29, 1.82) is 0 Å². The van der Waals surface area contributed by atoms with E-state index in [-0.39, 0.29) is 56.5 Å². The molecule has 3 rings (SSSR count). The summed E-state index contributed by atoms with van der Waals surface area (Å²) in [6.07, 6.45) is -8.90. The van der Waals surface area contributed by atoms with Crippen LogP contribution < -0.4 is 10.5 Å². The first kappa shape index (κ1) is 30.1. The van der Waals surface area contributed by atoms with Crippen LogP contribution in [0.3, 0.4) is 0 Å². The van der Waals surface area contributed by atoms with Crippen LogP contribution >= 0.6 is 11.8 Å². The lowest BCUT2D eigenvalue weighted by Gasteiger charge is -2.12. The molecule has 2 N–H and O–H groups in total. The summed E-state index contributed by atoms with van der Waals surface area (Å²) in [5, 5.41) is 0.0262. The van der Waals surface area contributed by atoms with E-state index in [1.54, 1.807) is 0 Å². The van der Waals surface area contributed by atoms with E-state index in [9.17, 15) is 35.9 Å². The topological polar surface area (TPSA) is 105 Å². The minimum absolute atomic E-state index is 0.0262. The Morgan fingerprint density at radius 1 is 0.846 bits per heavy atom. The average Bonchev–Trinajstić information content (AvgIpc) is 3.24. The van der Waals surface area contributed by atoms with E-state index < -0.39 is 43.6 Å². The van der Waals surface area contributed by atoms with Crippen molar-refractivity contribution in [3.63, 3.8) is 0 Å². The summed E-state index contributed by atoms with van der Waals surface area (Å²) in [4.78, 5) is 33.4. The Labute approximate surface area is 223 Å². The Morgan fingerprint density at radius 2 is 1.33 bits per heavy atom. The summed E-state index contributed by atoms with van der Waals surface area (Å²) in [6.45, 7) is 2.78. The number of thioether (sulfide) groups is 1. The molecule has 0 aliphatic heterocycles. The zero-order valence-corrected chi connectivity index (χ0v) is 22.1. The molecule has 3 heterocycles. The Bertz CT molecular complexity index is 1290. The Hall–Kier alpha value is -3.49. The van der Waals surface area contributed by atoms with Crippen molar-refractivity contribution in [2.45, 2.75) is 58.3 Å². The van der Waals surface area contributed by atoms with E-state index >= 15 is 0 Å². The molecule has 0 saturated heterocycles. The molecule has 212 valence electrons. The molecule has 0 aliphatic carbocycles. The molecule has 0 unspecified atom stereocenters. The predicted octanol–water partition coefficient (Wildman–Crippen LogP) is 5.26. The first-order valence-electron chi connectivity index (χ1n) is 11.4. The highest BCUT2D eigenvalue weighted by molar-refractivity contribution is 7.99. The van der Waals surface area contributed by atoms with Gasteiger partial charge in [-0.15, -0.1) is 0 Å². The van der Waals surface area contributed by atoms with Crippen molar-refractivity contribution in [1.82, 2.24) is 19.1 Å². The number of carbonyl (C=O) groups is 2. The summed E-state index contributed by atoms with van der Waals surface area (Å²) < 4.78 is 84.5. The molecule has 39 heavy (non-hydrogen) atoms. The lowest BCUT2D eigenvalue weighted by molar-refractivity contribution is -0.142. The molecule has 8 nitrogen and oxygen atoms in total. The maximum absolute atomic E-state index is 12.9. The lowest BCUT2D eigenvalue weighted by Crippen LogP contribution is -2.20. The summed E-state index contributed by atoms with van der Waals surface area (Å²) in [6, 6.07) is 3.96. The van der Waals surface area contributed by atoms with Crippen LogP contribution in [0.2, 0.25) is 0 Å². The second-order valence-electron chi connectivity index (χ2n) is 8.81. The van der Waals surface area contributed by atoms with E-state index in [4.69, 9.17) is 10.5 Å². The van der Waals surface area contributed by atoms with Crippen LogP contribution in [-0.2, 0) is 13.1 Å². The summed E-state index contributed by atoms with van der Waals surface area (Å²) in [7, 11) is 0. The Morgan fingerprint density at radius 3 is 1.82 bits per heavy atom. The highest BCUT2D eigenvalue weighted by Crippen LogP contribution is 2.26. The van der Waals surface area contributed by atoms with Crippen LogP contribution in [0.15, 0.2) is 23.4 Å². The molecule has 15 heteroatoms. The molecule has 0 amide bonds. The normalized spacial score (nSPS) is 12.2. The third kappa shape index (κ3) is 7.77. The minimum atomic E-state index is -4.45. The van der Waals surface area contributed by atoms with E-state index in [2.05, 4.69) is 9.97 Å². The van der Waals surface area contributed by atoms with Crippen molar-refractivity contribution < 1.29 is 40.7 Å². The summed E-state index contributed by atoms with van der Waals surface area (Å²) in [5.41, 5.74) is 6.86. The lowest BCUT2D eigenvalue weighted by atomic mass is 10.1. The van der Waals surface area contributed by atoms with Gasteiger partial charge in [0.15, 0.2) is 17.5 Å². The van der Waals surface area contributed by atoms with Crippen molar-refractivity contribution in [2.24, 2.45) is 0 Å². The molecule has 3 aromatic rings. The van der Waals surface area contributed by atoms with Gasteiger partial charge in [0.1, 0.15) is 18.9 Å². The number of rotatable bonds is 10. The van der Waals surface area contributed by atoms with Crippen molar-refractivity contribution in [2.75, 3.05) is 18.1 Å². The number of hydrogen-bond donors (Lipinski definition) is 1. The molecule has 0 spiro atoms. The molecule has 0 bridgehead atoms. The zero-order chi connectivity index (χ0) is 29.3. The number of nitrogens with two attached hydrogens (primary N) is 1. The van der Waals surface area contributed by atoms with Gasteiger partial charge in [-0.05, 0) is 39.8 Å². The number of aromatic nitrogens is 4. The zero-order valence-electron chi connectivity index (χ0n) is 21.3. The number of carbonyl (C=O) groups excluding carboxylic acids is 2. The SMILES string of the molecule is Cc1cc(C(=O)COc2cc(N)nc(SCC(=O)c3cc(C)n(CC(F)(F)F)c3C)n2)c(C)n1CC(F)(F)F. The van der Waals surface area contributed by atoms with E-state index in [0.29, 0.717) is 0 Å². The van der Waals surface area contributed by atoms with E-state index in [1.807, 2.05) is 0 Å². The van der Waals surface area contributed by atoms with Gasteiger partial charge >= 0.3 is 12.4 Å². The van der Waals surface area contributed by atoms with E-state index in [1.165, 1.54) is 45.9 Å². The van der Waals surface area contributed by atoms with E-state index in [0.717, 1.165) is 20.9 Å². The quantitative estimate of drug-likeness (QED) is 0.152. The van der Waals surface area contributed by atoms with Crippen LogP contribution in [0.25, 0.3) is 0 Å². The van der Waals surface area contributed by atoms with Gasteiger partial charge in [-0.1, -0.05) is 11.8 Å². The maximum Gasteiger partial charge on any atom is 0.406 e. The highest BCUT2D eigenvalue weighted by atomic mass is 32.2. The monoisotopic (exact) mass is 577 g/mol. The average molecular weight is 578 g/mol. The number of nitrogens with zero attached hydrogens (tertiary/aromatic N) is 4. The van der Waals surface area contributed by atoms with Crippen LogP contribution in [-0.4, -0.2) is 55.4 Å². The second kappa shape index (κ2) is 11.3. The van der Waals surface area contributed by atoms with Crippen LogP contribution in [0, 0.1) is 27.7 Å².